The van der Waals surface area contributed by atoms with Crippen LogP contribution >= 0.6 is 0 Å². The molecule has 6 heteroatoms. The van der Waals surface area contributed by atoms with Crippen molar-refractivity contribution in [2.45, 2.75) is 57.1 Å². The number of hydrogen-bond donors (Lipinski definition) is 1. The summed E-state index contributed by atoms with van der Waals surface area (Å²) in [6, 6.07) is 7.75. The third-order valence-corrected chi connectivity index (χ3v) is 5.50. The topological polar surface area (TPSA) is 35.9 Å². The van der Waals surface area contributed by atoms with Crippen molar-refractivity contribution in [3.8, 4) is 5.75 Å². The van der Waals surface area contributed by atoms with Crippen LogP contribution in [0.2, 0.25) is 0 Å². The van der Waals surface area contributed by atoms with Crippen molar-refractivity contribution in [3.05, 3.63) is 29.8 Å². The molecule has 2 aliphatic rings. The molecule has 2 saturated heterocycles. The second kappa shape index (κ2) is 9.80. The highest BCUT2D eigenvalue weighted by molar-refractivity contribution is 5.28. The summed E-state index contributed by atoms with van der Waals surface area (Å²) in [7, 11) is 0. The van der Waals surface area contributed by atoms with Crippen LogP contribution in [0.15, 0.2) is 24.3 Å². The molecule has 2 aliphatic heterocycles. The van der Waals surface area contributed by atoms with Crippen LogP contribution in [0.5, 0.6) is 5.75 Å². The second-order valence-corrected chi connectivity index (χ2v) is 7.96. The Bertz CT molecular complexity index is 567. The zero-order valence-corrected chi connectivity index (χ0v) is 16.1. The standard InChI is InChI=1S/C21H32F2N2O2/c22-21(23)8-12-25(13-9-21)15-18-6-5-7-20(14-18)27-17-19(26)16-24-10-3-1-2-4-11-24/h5-7,14,19,26H,1-4,8-13,15-17H2. The van der Waals surface area contributed by atoms with Crippen molar-refractivity contribution in [3.63, 3.8) is 0 Å². The van der Waals surface area contributed by atoms with Gasteiger partial charge in [0.25, 0.3) is 5.92 Å². The molecule has 0 amide bonds. The predicted molar refractivity (Wildman–Crippen MR) is 102 cm³/mol. The van der Waals surface area contributed by atoms with Crippen LogP contribution in [0.25, 0.3) is 0 Å². The van der Waals surface area contributed by atoms with E-state index in [1.54, 1.807) is 0 Å². The van der Waals surface area contributed by atoms with Gasteiger partial charge in [-0.15, -0.1) is 0 Å². The van der Waals surface area contributed by atoms with E-state index in [-0.39, 0.29) is 19.4 Å². The van der Waals surface area contributed by atoms with E-state index in [9.17, 15) is 13.9 Å². The van der Waals surface area contributed by atoms with Crippen molar-refractivity contribution < 1.29 is 18.6 Å². The van der Waals surface area contributed by atoms with E-state index in [0.717, 1.165) is 24.4 Å². The molecule has 2 heterocycles. The molecule has 0 aliphatic carbocycles. The number of β-amino-alcohol motifs (C(OH)–C–C–N with tert-alkyl or cyclic N) is 1. The molecule has 1 unspecified atom stereocenters. The quantitative estimate of drug-likeness (QED) is 0.783. The minimum atomic E-state index is -2.51. The Morgan fingerprint density at radius 3 is 2.41 bits per heavy atom. The van der Waals surface area contributed by atoms with Gasteiger partial charge in [-0.2, -0.15) is 0 Å². The normalized spacial score (nSPS) is 22.9. The third-order valence-electron chi connectivity index (χ3n) is 5.50. The highest BCUT2D eigenvalue weighted by Crippen LogP contribution is 2.28. The summed E-state index contributed by atoms with van der Waals surface area (Å²) in [5, 5.41) is 10.3. The number of ether oxygens (including phenoxy) is 1. The minimum Gasteiger partial charge on any atom is -0.491 e. The monoisotopic (exact) mass is 382 g/mol. The summed E-state index contributed by atoms with van der Waals surface area (Å²) in [6.07, 6.45) is 4.35. The molecule has 152 valence electrons. The molecule has 4 nitrogen and oxygen atoms in total. The van der Waals surface area contributed by atoms with Crippen molar-refractivity contribution in [2.75, 3.05) is 39.3 Å². The van der Waals surface area contributed by atoms with Gasteiger partial charge in [-0.25, -0.2) is 8.78 Å². The number of nitrogens with zero attached hydrogens (tertiary/aromatic N) is 2. The Labute approximate surface area is 161 Å². The fourth-order valence-corrected chi connectivity index (χ4v) is 3.89. The van der Waals surface area contributed by atoms with Gasteiger partial charge in [-0.1, -0.05) is 25.0 Å². The Morgan fingerprint density at radius 1 is 1.00 bits per heavy atom. The summed E-state index contributed by atoms with van der Waals surface area (Å²) in [5.41, 5.74) is 1.06. The number of likely N-dealkylation sites (tertiary alicyclic amines) is 2. The number of halogens is 2. The molecule has 1 atom stereocenters. The number of aliphatic hydroxyl groups is 1. The van der Waals surface area contributed by atoms with Gasteiger partial charge in [0.1, 0.15) is 18.5 Å². The maximum absolute atomic E-state index is 13.3. The molecule has 0 radical (unpaired) electrons. The number of piperidine rings is 1. The fraction of sp³-hybridized carbons (Fsp3) is 0.714. The van der Waals surface area contributed by atoms with Gasteiger partial charge >= 0.3 is 0 Å². The van der Waals surface area contributed by atoms with Gasteiger partial charge in [0.15, 0.2) is 0 Å². The van der Waals surface area contributed by atoms with Crippen molar-refractivity contribution >= 4 is 0 Å². The summed E-state index contributed by atoms with van der Waals surface area (Å²) < 4.78 is 32.3. The van der Waals surface area contributed by atoms with Gasteiger partial charge in [0.05, 0.1) is 0 Å². The highest BCUT2D eigenvalue weighted by Gasteiger charge is 2.33. The lowest BCUT2D eigenvalue weighted by Gasteiger charge is -2.31. The van der Waals surface area contributed by atoms with Crippen molar-refractivity contribution in [1.29, 1.82) is 0 Å². The molecule has 0 bridgehead atoms. The highest BCUT2D eigenvalue weighted by atomic mass is 19.3. The first-order valence-electron chi connectivity index (χ1n) is 10.2. The smallest absolute Gasteiger partial charge is 0.250 e. The average molecular weight is 382 g/mol. The van der Waals surface area contributed by atoms with E-state index in [2.05, 4.69) is 9.80 Å². The zero-order valence-electron chi connectivity index (χ0n) is 16.1. The molecule has 1 aromatic rings. The number of hydrogen-bond acceptors (Lipinski definition) is 4. The number of alkyl halides is 2. The largest absolute Gasteiger partial charge is 0.491 e. The predicted octanol–water partition coefficient (Wildman–Crippen LogP) is 3.53. The number of rotatable bonds is 7. The van der Waals surface area contributed by atoms with Crippen LogP contribution in [0.1, 0.15) is 44.1 Å². The summed E-state index contributed by atoms with van der Waals surface area (Å²) in [6.45, 7) is 4.54. The molecule has 0 aromatic heterocycles. The van der Waals surface area contributed by atoms with E-state index >= 15 is 0 Å². The van der Waals surface area contributed by atoms with Crippen LogP contribution < -0.4 is 4.74 Å². The van der Waals surface area contributed by atoms with Crippen LogP contribution in [0.3, 0.4) is 0 Å². The maximum Gasteiger partial charge on any atom is 0.250 e. The van der Waals surface area contributed by atoms with E-state index in [0.29, 0.717) is 26.2 Å². The van der Waals surface area contributed by atoms with Crippen LogP contribution in [-0.4, -0.2) is 66.3 Å². The van der Waals surface area contributed by atoms with Crippen LogP contribution in [-0.2, 0) is 6.54 Å². The number of benzene rings is 1. The summed E-state index contributed by atoms with van der Waals surface area (Å²) in [5.74, 6) is -1.78. The third kappa shape index (κ3) is 7.01. The SMILES string of the molecule is OC(COc1cccc(CN2CCC(F)(F)CC2)c1)CN1CCCCCC1. The first-order chi connectivity index (χ1) is 13.0. The first-order valence-corrected chi connectivity index (χ1v) is 10.2. The second-order valence-electron chi connectivity index (χ2n) is 7.96. The van der Waals surface area contributed by atoms with E-state index in [1.165, 1.54) is 25.7 Å². The lowest BCUT2D eigenvalue weighted by molar-refractivity contribution is -0.0566. The van der Waals surface area contributed by atoms with Crippen molar-refractivity contribution in [2.24, 2.45) is 0 Å². The van der Waals surface area contributed by atoms with Gasteiger partial charge in [-0.05, 0) is 43.6 Å². The lowest BCUT2D eigenvalue weighted by Crippen LogP contribution is -2.38. The Morgan fingerprint density at radius 2 is 1.70 bits per heavy atom. The molecule has 0 spiro atoms. The Balaban J connectivity index is 1.43. The van der Waals surface area contributed by atoms with Gasteiger partial charge in [0, 0.05) is 39.0 Å². The molecule has 2 fully saturated rings. The number of aliphatic hydroxyl groups excluding tert-OH is 1. The molecule has 3 rings (SSSR count). The van der Waals surface area contributed by atoms with Crippen LogP contribution in [0, 0.1) is 0 Å². The molecule has 1 aromatic carbocycles. The van der Waals surface area contributed by atoms with Gasteiger partial charge < -0.3 is 14.7 Å². The van der Waals surface area contributed by atoms with Gasteiger partial charge in [-0.3, -0.25) is 4.90 Å². The summed E-state index contributed by atoms with van der Waals surface area (Å²) in [4.78, 5) is 4.38. The molecule has 1 N–H and O–H groups in total. The molecule has 0 saturated carbocycles. The Kier molecular flexibility index (Phi) is 7.44. The minimum absolute atomic E-state index is 0.0636. The first kappa shape index (κ1) is 20.5. The Hall–Kier alpha value is -1.24. The fourth-order valence-electron chi connectivity index (χ4n) is 3.89. The summed E-state index contributed by atoms with van der Waals surface area (Å²) >= 11 is 0. The van der Waals surface area contributed by atoms with E-state index in [1.807, 2.05) is 24.3 Å². The molecular formula is C21H32F2N2O2. The maximum atomic E-state index is 13.3. The van der Waals surface area contributed by atoms with E-state index in [4.69, 9.17) is 4.74 Å². The van der Waals surface area contributed by atoms with E-state index < -0.39 is 12.0 Å². The van der Waals surface area contributed by atoms with Crippen molar-refractivity contribution in [1.82, 2.24) is 9.80 Å². The molecular weight excluding hydrogens is 350 g/mol. The van der Waals surface area contributed by atoms with Gasteiger partial charge in [0.2, 0.25) is 0 Å². The lowest BCUT2D eigenvalue weighted by atomic mass is 10.1. The zero-order chi connectivity index (χ0) is 19.1. The average Bonchev–Trinajstić information content (AvgIpc) is 2.91. The molecule has 27 heavy (non-hydrogen) atoms. The van der Waals surface area contributed by atoms with Crippen LogP contribution in [0.4, 0.5) is 8.78 Å².